The van der Waals surface area contributed by atoms with E-state index in [1.807, 2.05) is 6.08 Å². The molecule has 0 saturated heterocycles. The van der Waals surface area contributed by atoms with Crippen LogP contribution in [0.25, 0.3) is 0 Å². The number of halogens is 2. The Labute approximate surface area is 101 Å². The Morgan fingerprint density at radius 2 is 2.31 bits per heavy atom. The van der Waals surface area contributed by atoms with Crippen molar-refractivity contribution in [3.8, 4) is 0 Å². The van der Waals surface area contributed by atoms with E-state index in [1.54, 1.807) is 18.3 Å². The number of nitrogens with one attached hydrogen (secondary N) is 2. The number of aliphatic hydroxyl groups excluding tert-OH is 1. The van der Waals surface area contributed by atoms with Crippen molar-refractivity contribution in [2.45, 2.75) is 12.3 Å². The molecule has 0 fully saturated rings. The molecular formula is C11H12BrFN2O. The molecule has 1 aromatic rings. The topological polar surface area (TPSA) is 44.3 Å². The van der Waals surface area contributed by atoms with Gasteiger partial charge in [0.2, 0.25) is 0 Å². The quantitative estimate of drug-likeness (QED) is 0.775. The van der Waals surface area contributed by atoms with Crippen molar-refractivity contribution in [2.75, 3.05) is 6.54 Å². The van der Waals surface area contributed by atoms with Crippen molar-refractivity contribution < 1.29 is 9.50 Å². The first-order chi connectivity index (χ1) is 7.68. The Balaban J connectivity index is 2.16. The van der Waals surface area contributed by atoms with Crippen LogP contribution in [-0.4, -0.2) is 17.8 Å². The molecule has 1 heterocycles. The highest BCUT2D eigenvalue weighted by molar-refractivity contribution is 9.10. The van der Waals surface area contributed by atoms with Crippen molar-refractivity contribution in [1.29, 1.82) is 0 Å². The van der Waals surface area contributed by atoms with E-state index in [-0.39, 0.29) is 12.0 Å². The standard InChI is InChI=1S/C11H12BrFN2O/c12-8-6-7(2-3-9(8)13)10(16)11-14-4-1-5-15-11/h1-4,6,10-11,14-16H,5H2. The van der Waals surface area contributed by atoms with Gasteiger partial charge in [-0.2, -0.15) is 0 Å². The third kappa shape index (κ3) is 2.42. The molecule has 16 heavy (non-hydrogen) atoms. The molecule has 0 bridgehead atoms. The predicted octanol–water partition coefficient (Wildman–Crippen LogP) is 1.65. The Kier molecular flexibility index (Phi) is 3.58. The molecule has 0 saturated carbocycles. The van der Waals surface area contributed by atoms with Crippen LogP contribution < -0.4 is 10.6 Å². The molecule has 1 aliphatic rings. The minimum atomic E-state index is -0.721. The second-order valence-corrected chi connectivity index (χ2v) is 4.43. The van der Waals surface area contributed by atoms with Crippen molar-refractivity contribution in [1.82, 2.24) is 10.6 Å². The predicted molar refractivity (Wildman–Crippen MR) is 63.1 cm³/mol. The van der Waals surface area contributed by atoms with Gasteiger partial charge in [-0.25, -0.2) is 4.39 Å². The molecule has 0 aromatic heterocycles. The molecule has 3 N–H and O–H groups in total. The molecule has 1 aromatic carbocycles. The summed E-state index contributed by atoms with van der Waals surface area (Å²) in [5.41, 5.74) is 0.661. The maximum Gasteiger partial charge on any atom is 0.137 e. The zero-order valence-electron chi connectivity index (χ0n) is 8.45. The van der Waals surface area contributed by atoms with Gasteiger partial charge in [-0.15, -0.1) is 0 Å². The third-order valence-electron chi connectivity index (χ3n) is 2.45. The van der Waals surface area contributed by atoms with Crippen LogP contribution in [0.2, 0.25) is 0 Å². The highest BCUT2D eigenvalue weighted by Crippen LogP contribution is 2.23. The van der Waals surface area contributed by atoms with Gasteiger partial charge in [0.1, 0.15) is 18.1 Å². The molecule has 2 atom stereocenters. The lowest BCUT2D eigenvalue weighted by Gasteiger charge is -2.27. The van der Waals surface area contributed by atoms with Crippen LogP contribution in [0.1, 0.15) is 11.7 Å². The summed E-state index contributed by atoms with van der Waals surface area (Å²) in [7, 11) is 0. The summed E-state index contributed by atoms with van der Waals surface area (Å²) in [4.78, 5) is 0. The molecule has 0 aliphatic carbocycles. The second-order valence-electron chi connectivity index (χ2n) is 3.57. The van der Waals surface area contributed by atoms with Crippen molar-refractivity contribution in [3.05, 3.63) is 46.3 Å². The van der Waals surface area contributed by atoms with Crippen LogP contribution in [-0.2, 0) is 0 Å². The fourth-order valence-corrected chi connectivity index (χ4v) is 1.97. The summed E-state index contributed by atoms with van der Waals surface area (Å²) in [6, 6.07) is 4.50. The molecule has 86 valence electrons. The van der Waals surface area contributed by atoms with Crippen LogP contribution >= 0.6 is 15.9 Å². The van der Waals surface area contributed by atoms with Gasteiger partial charge in [0, 0.05) is 6.54 Å². The van der Waals surface area contributed by atoms with Gasteiger partial charge in [0.25, 0.3) is 0 Å². The number of rotatable bonds is 2. The Hall–Kier alpha value is -0.910. The van der Waals surface area contributed by atoms with Gasteiger partial charge in [-0.1, -0.05) is 12.1 Å². The molecule has 2 rings (SSSR count). The molecule has 5 heteroatoms. The van der Waals surface area contributed by atoms with Crippen LogP contribution in [0.5, 0.6) is 0 Å². The lowest BCUT2D eigenvalue weighted by Crippen LogP contribution is -2.46. The Morgan fingerprint density at radius 3 is 2.94 bits per heavy atom. The van der Waals surface area contributed by atoms with Gasteiger partial charge < -0.3 is 10.4 Å². The average Bonchev–Trinajstić information content (AvgIpc) is 2.33. The molecule has 0 amide bonds. The summed E-state index contributed by atoms with van der Waals surface area (Å²) in [6.07, 6.45) is 2.75. The van der Waals surface area contributed by atoms with Crippen LogP contribution in [0.4, 0.5) is 4.39 Å². The molecule has 0 radical (unpaired) electrons. The van der Waals surface area contributed by atoms with Gasteiger partial charge in [-0.05, 0) is 39.8 Å². The van der Waals surface area contributed by atoms with Gasteiger partial charge >= 0.3 is 0 Å². The number of hydrogen-bond donors (Lipinski definition) is 3. The summed E-state index contributed by atoms with van der Waals surface area (Å²) < 4.78 is 13.4. The summed E-state index contributed by atoms with van der Waals surface area (Å²) >= 11 is 3.10. The van der Waals surface area contributed by atoms with Crippen LogP contribution in [0.15, 0.2) is 34.9 Å². The Morgan fingerprint density at radius 1 is 1.50 bits per heavy atom. The molecule has 0 spiro atoms. The first kappa shape index (κ1) is 11.6. The largest absolute Gasteiger partial charge is 0.385 e. The first-order valence-corrected chi connectivity index (χ1v) is 5.75. The summed E-state index contributed by atoms with van der Waals surface area (Å²) in [5, 5.41) is 16.2. The molecule has 3 nitrogen and oxygen atoms in total. The van der Waals surface area contributed by atoms with Crippen LogP contribution in [0, 0.1) is 5.82 Å². The zero-order valence-corrected chi connectivity index (χ0v) is 10.0. The van der Waals surface area contributed by atoms with Gasteiger partial charge in [0.15, 0.2) is 0 Å². The summed E-state index contributed by atoms with van der Waals surface area (Å²) in [6.45, 7) is 0.705. The number of aliphatic hydroxyl groups is 1. The molecule has 2 unspecified atom stereocenters. The van der Waals surface area contributed by atoms with Crippen molar-refractivity contribution in [3.63, 3.8) is 0 Å². The zero-order chi connectivity index (χ0) is 11.5. The minimum Gasteiger partial charge on any atom is -0.385 e. The minimum absolute atomic E-state index is 0.248. The van der Waals surface area contributed by atoms with E-state index in [2.05, 4.69) is 26.6 Å². The van der Waals surface area contributed by atoms with Crippen LogP contribution in [0.3, 0.4) is 0 Å². The number of hydrogen-bond acceptors (Lipinski definition) is 3. The lowest BCUT2D eigenvalue weighted by atomic mass is 10.1. The van der Waals surface area contributed by atoms with E-state index in [9.17, 15) is 9.50 Å². The highest BCUT2D eigenvalue weighted by atomic mass is 79.9. The number of benzene rings is 1. The highest BCUT2D eigenvalue weighted by Gasteiger charge is 2.20. The Bertz CT molecular complexity index is 411. The third-order valence-corrected chi connectivity index (χ3v) is 3.06. The van der Waals surface area contributed by atoms with Gasteiger partial charge in [-0.3, -0.25) is 5.32 Å². The molecular weight excluding hydrogens is 275 g/mol. The fourth-order valence-electron chi connectivity index (χ4n) is 1.58. The van der Waals surface area contributed by atoms with E-state index in [0.717, 1.165) is 0 Å². The SMILES string of the molecule is OC(c1ccc(F)c(Br)c1)C1NC=CCN1. The van der Waals surface area contributed by atoms with E-state index in [1.165, 1.54) is 6.07 Å². The smallest absolute Gasteiger partial charge is 0.137 e. The van der Waals surface area contributed by atoms with E-state index in [4.69, 9.17) is 0 Å². The van der Waals surface area contributed by atoms with Crippen molar-refractivity contribution in [2.24, 2.45) is 0 Å². The van der Waals surface area contributed by atoms with E-state index in [0.29, 0.717) is 16.6 Å². The molecule has 1 aliphatic heterocycles. The van der Waals surface area contributed by atoms with E-state index >= 15 is 0 Å². The van der Waals surface area contributed by atoms with E-state index < -0.39 is 6.10 Å². The van der Waals surface area contributed by atoms with Gasteiger partial charge in [0.05, 0.1) is 4.47 Å². The van der Waals surface area contributed by atoms with Crippen molar-refractivity contribution >= 4 is 15.9 Å². The lowest BCUT2D eigenvalue weighted by molar-refractivity contribution is 0.118. The summed E-state index contributed by atoms with van der Waals surface area (Å²) in [5.74, 6) is -0.333. The first-order valence-electron chi connectivity index (χ1n) is 4.96. The second kappa shape index (κ2) is 4.95. The average molecular weight is 287 g/mol. The fraction of sp³-hybridized carbons (Fsp3) is 0.273. The monoisotopic (exact) mass is 286 g/mol. The normalized spacial score (nSPS) is 21.6. The maximum absolute atomic E-state index is 13.0. The maximum atomic E-state index is 13.0.